The van der Waals surface area contributed by atoms with E-state index in [-0.39, 0.29) is 29.5 Å². The van der Waals surface area contributed by atoms with Gasteiger partial charge in [0.05, 0.1) is 23.0 Å². The van der Waals surface area contributed by atoms with Gasteiger partial charge in [0.15, 0.2) is 5.13 Å². The third-order valence-corrected chi connectivity index (χ3v) is 6.95. The Kier molecular flexibility index (Phi) is 6.42. The predicted octanol–water partition coefficient (Wildman–Crippen LogP) is 2.36. The van der Waals surface area contributed by atoms with E-state index in [2.05, 4.69) is 10.3 Å². The summed E-state index contributed by atoms with van der Waals surface area (Å²) in [5.41, 5.74) is 0.179. The summed E-state index contributed by atoms with van der Waals surface area (Å²) in [6.45, 7) is 2.30. The third-order valence-electron chi connectivity index (χ3n) is 4.40. The van der Waals surface area contributed by atoms with Gasteiger partial charge in [-0.15, -0.1) is 11.3 Å². The zero-order chi connectivity index (χ0) is 20.1. The van der Waals surface area contributed by atoms with Crippen molar-refractivity contribution >= 4 is 38.4 Å². The van der Waals surface area contributed by atoms with Crippen molar-refractivity contribution in [2.45, 2.75) is 24.7 Å². The van der Waals surface area contributed by atoms with Crippen molar-refractivity contribution in [3.63, 3.8) is 0 Å². The van der Waals surface area contributed by atoms with Gasteiger partial charge < -0.3 is 10.1 Å². The zero-order valence-corrected chi connectivity index (χ0v) is 17.0. The van der Waals surface area contributed by atoms with Gasteiger partial charge in [0.1, 0.15) is 0 Å². The molecule has 28 heavy (non-hydrogen) atoms. The van der Waals surface area contributed by atoms with Crippen LogP contribution >= 0.6 is 11.3 Å². The van der Waals surface area contributed by atoms with Crippen molar-refractivity contribution in [2.24, 2.45) is 5.92 Å². The number of aromatic nitrogens is 1. The lowest BCUT2D eigenvalue weighted by Crippen LogP contribution is -2.43. The number of anilines is 1. The summed E-state index contributed by atoms with van der Waals surface area (Å²) in [7, 11) is -3.83. The number of amides is 1. The summed E-state index contributed by atoms with van der Waals surface area (Å²) in [6, 6.07) is 5.77. The number of piperidine rings is 1. The average Bonchev–Trinajstić information content (AvgIpc) is 3.21. The van der Waals surface area contributed by atoms with E-state index in [1.54, 1.807) is 18.5 Å². The molecule has 0 aliphatic carbocycles. The maximum Gasteiger partial charge on any atom is 0.338 e. The molecule has 1 saturated heterocycles. The molecule has 1 fully saturated rings. The molecule has 3 rings (SSSR count). The Morgan fingerprint density at radius 3 is 2.93 bits per heavy atom. The molecule has 150 valence electrons. The number of hydrogen-bond donors (Lipinski definition) is 1. The summed E-state index contributed by atoms with van der Waals surface area (Å²) in [4.78, 5) is 28.4. The Morgan fingerprint density at radius 1 is 1.39 bits per heavy atom. The van der Waals surface area contributed by atoms with Crippen LogP contribution in [0.3, 0.4) is 0 Å². The molecule has 2 aromatic rings. The van der Waals surface area contributed by atoms with E-state index in [1.165, 1.54) is 39.9 Å². The molecule has 10 heteroatoms. The molecule has 1 aliphatic heterocycles. The van der Waals surface area contributed by atoms with Crippen LogP contribution in [0.25, 0.3) is 0 Å². The van der Waals surface area contributed by atoms with Crippen LogP contribution in [-0.2, 0) is 19.6 Å². The van der Waals surface area contributed by atoms with Crippen LogP contribution < -0.4 is 5.32 Å². The molecule has 1 amide bonds. The Labute approximate surface area is 167 Å². The van der Waals surface area contributed by atoms with E-state index in [9.17, 15) is 18.0 Å². The van der Waals surface area contributed by atoms with Gasteiger partial charge >= 0.3 is 5.97 Å². The highest BCUT2D eigenvalue weighted by Gasteiger charge is 2.33. The topological polar surface area (TPSA) is 106 Å². The Hall–Kier alpha value is -2.30. The fraction of sp³-hybridized carbons (Fsp3) is 0.389. The number of esters is 1. The highest BCUT2D eigenvalue weighted by Crippen LogP contribution is 2.25. The van der Waals surface area contributed by atoms with Crippen LogP contribution in [0.15, 0.2) is 40.7 Å². The summed E-state index contributed by atoms with van der Waals surface area (Å²) >= 11 is 1.31. The molecular weight excluding hydrogens is 402 g/mol. The van der Waals surface area contributed by atoms with E-state index in [0.717, 1.165) is 0 Å². The molecule has 1 N–H and O–H groups in total. The van der Waals surface area contributed by atoms with Crippen molar-refractivity contribution in [3.8, 4) is 0 Å². The lowest BCUT2D eigenvalue weighted by molar-refractivity contribution is -0.120. The minimum atomic E-state index is -3.83. The van der Waals surface area contributed by atoms with Gasteiger partial charge in [-0.2, -0.15) is 4.31 Å². The molecule has 2 heterocycles. The minimum Gasteiger partial charge on any atom is -0.462 e. The van der Waals surface area contributed by atoms with Gasteiger partial charge in [-0.3, -0.25) is 4.79 Å². The Balaban J connectivity index is 1.75. The summed E-state index contributed by atoms with van der Waals surface area (Å²) in [5.74, 6) is -1.27. The molecule has 0 spiro atoms. The second kappa shape index (κ2) is 8.80. The number of thiazole rings is 1. The van der Waals surface area contributed by atoms with Gasteiger partial charge in [-0.05, 0) is 38.0 Å². The number of benzene rings is 1. The highest BCUT2D eigenvalue weighted by molar-refractivity contribution is 7.89. The number of carbonyl (C=O) groups excluding carboxylic acids is 2. The van der Waals surface area contributed by atoms with Crippen LogP contribution in [0, 0.1) is 5.92 Å². The number of hydrogen-bond acceptors (Lipinski definition) is 7. The average molecular weight is 424 g/mol. The maximum atomic E-state index is 13.0. The van der Waals surface area contributed by atoms with Gasteiger partial charge in [0.2, 0.25) is 15.9 Å². The van der Waals surface area contributed by atoms with Crippen molar-refractivity contribution in [3.05, 3.63) is 41.4 Å². The molecule has 8 nitrogen and oxygen atoms in total. The monoisotopic (exact) mass is 423 g/mol. The first kappa shape index (κ1) is 20.4. The summed E-state index contributed by atoms with van der Waals surface area (Å²) in [5, 5.41) is 4.97. The number of sulfonamides is 1. The first-order valence-corrected chi connectivity index (χ1v) is 11.2. The fourth-order valence-electron chi connectivity index (χ4n) is 3.01. The van der Waals surface area contributed by atoms with Crippen LogP contribution in [0.5, 0.6) is 0 Å². The molecule has 1 aromatic carbocycles. The fourth-order valence-corrected chi connectivity index (χ4v) is 5.12. The van der Waals surface area contributed by atoms with Crippen molar-refractivity contribution < 1.29 is 22.7 Å². The first-order chi connectivity index (χ1) is 13.4. The predicted molar refractivity (Wildman–Crippen MR) is 105 cm³/mol. The van der Waals surface area contributed by atoms with E-state index >= 15 is 0 Å². The van der Waals surface area contributed by atoms with Crippen LogP contribution in [0.4, 0.5) is 5.13 Å². The van der Waals surface area contributed by atoms with Gasteiger partial charge in [0.25, 0.3) is 0 Å². The van der Waals surface area contributed by atoms with Gasteiger partial charge in [0, 0.05) is 24.7 Å². The molecule has 1 unspecified atom stereocenters. The van der Waals surface area contributed by atoms with Crippen molar-refractivity contribution in [2.75, 3.05) is 25.0 Å². The zero-order valence-electron chi connectivity index (χ0n) is 15.3. The highest BCUT2D eigenvalue weighted by atomic mass is 32.2. The Morgan fingerprint density at radius 2 is 2.21 bits per heavy atom. The van der Waals surface area contributed by atoms with E-state index in [1.807, 2.05) is 0 Å². The van der Waals surface area contributed by atoms with Crippen LogP contribution in [-0.4, -0.2) is 49.3 Å². The molecular formula is C18H21N3O5S2. The minimum absolute atomic E-state index is 0.0130. The molecule has 0 radical (unpaired) electrons. The van der Waals surface area contributed by atoms with E-state index < -0.39 is 21.9 Å². The third kappa shape index (κ3) is 4.57. The van der Waals surface area contributed by atoms with E-state index in [4.69, 9.17) is 4.74 Å². The van der Waals surface area contributed by atoms with E-state index in [0.29, 0.717) is 24.5 Å². The number of carbonyl (C=O) groups is 2. The van der Waals surface area contributed by atoms with Crippen molar-refractivity contribution in [1.29, 1.82) is 0 Å². The van der Waals surface area contributed by atoms with Crippen LogP contribution in [0.2, 0.25) is 0 Å². The number of ether oxygens (including phenoxy) is 1. The molecule has 0 saturated carbocycles. The molecule has 1 aromatic heterocycles. The number of nitrogens with zero attached hydrogens (tertiary/aromatic N) is 2. The SMILES string of the molecule is CCOC(=O)c1cccc(S(=O)(=O)N2CCCC(C(=O)Nc3nccs3)C2)c1. The molecule has 1 atom stereocenters. The molecule has 1 aliphatic rings. The smallest absolute Gasteiger partial charge is 0.338 e. The van der Waals surface area contributed by atoms with Crippen molar-refractivity contribution in [1.82, 2.24) is 9.29 Å². The maximum absolute atomic E-state index is 13.0. The number of nitrogens with one attached hydrogen (secondary N) is 1. The van der Waals surface area contributed by atoms with Gasteiger partial charge in [-0.25, -0.2) is 18.2 Å². The number of rotatable bonds is 6. The van der Waals surface area contributed by atoms with Gasteiger partial charge in [-0.1, -0.05) is 6.07 Å². The quantitative estimate of drug-likeness (QED) is 0.715. The summed E-state index contributed by atoms with van der Waals surface area (Å²) < 4.78 is 32.3. The largest absolute Gasteiger partial charge is 0.462 e. The normalized spacial score (nSPS) is 17.8. The Bertz CT molecular complexity index is 944. The van der Waals surface area contributed by atoms with Crippen LogP contribution in [0.1, 0.15) is 30.1 Å². The summed E-state index contributed by atoms with van der Waals surface area (Å²) in [6.07, 6.45) is 2.77. The lowest BCUT2D eigenvalue weighted by atomic mass is 9.99. The second-order valence-corrected chi connectivity index (χ2v) is 9.11. The standard InChI is InChI=1S/C18H21N3O5S2/c1-2-26-17(23)13-5-3-7-15(11-13)28(24,25)21-9-4-6-14(12-21)16(22)20-18-19-8-10-27-18/h3,5,7-8,10-11,14H,2,4,6,9,12H2,1H3,(H,19,20,22). The first-order valence-electron chi connectivity index (χ1n) is 8.89. The molecule has 0 bridgehead atoms. The second-order valence-electron chi connectivity index (χ2n) is 6.28. The lowest BCUT2D eigenvalue weighted by Gasteiger charge is -2.31.